The van der Waals surface area contributed by atoms with Crippen molar-refractivity contribution in [2.24, 2.45) is 0 Å². The SMILES string of the molecule is Cc1ccc(NC(=O)c2ccc(F)cc2Cl)cc1-n1cc(-c2csc3c(N)ncnc23)cn1. The molecule has 3 N–H and O–H groups in total. The molecule has 33 heavy (non-hydrogen) atoms. The normalized spacial score (nSPS) is 11.1. The van der Waals surface area contributed by atoms with E-state index in [-0.39, 0.29) is 10.6 Å². The molecule has 5 rings (SSSR count). The number of nitrogens with two attached hydrogens (primary N) is 1. The third kappa shape index (κ3) is 3.92. The molecule has 0 saturated carbocycles. The molecule has 5 aromatic rings. The fourth-order valence-corrected chi connectivity index (χ4v) is 4.66. The zero-order valence-electron chi connectivity index (χ0n) is 17.2. The van der Waals surface area contributed by atoms with Crippen molar-refractivity contribution in [1.29, 1.82) is 0 Å². The summed E-state index contributed by atoms with van der Waals surface area (Å²) in [5.74, 6) is -0.488. The summed E-state index contributed by atoms with van der Waals surface area (Å²) in [5.41, 5.74) is 11.0. The van der Waals surface area contributed by atoms with Gasteiger partial charge in [-0.1, -0.05) is 17.7 Å². The van der Waals surface area contributed by atoms with E-state index >= 15 is 0 Å². The number of hydrogen-bond donors (Lipinski definition) is 2. The van der Waals surface area contributed by atoms with Gasteiger partial charge in [0.05, 0.1) is 32.7 Å². The van der Waals surface area contributed by atoms with Crippen LogP contribution < -0.4 is 11.1 Å². The molecule has 3 aromatic heterocycles. The second kappa shape index (κ2) is 8.27. The van der Waals surface area contributed by atoms with Crippen molar-refractivity contribution in [2.45, 2.75) is 6.92 Å². The van der Waals surface area contributed by atoms with Gasteiger partial charge < -0.3 is 11.1 Å². The summed E-state index contributed by atoms with van der Waals surface area (Å²) in [5, 5.41) is 9.33. The molecule has 7 nitrogen and oxygen atoms in total. The smallest absolute Gasteiger partial charge is 0.257 e. The van der Waals surface area contributed by atoms with Crippen LogP contribution in [0.2, 0.25) is 5.02 Å². The van der Waals surface area contributed by atoms with Crippen molar-refractivity contribution in [3.63, 3.8) is 0 Å². The summed E-state index contributed by atoms with van der Waals surface area (Å²) >= 11 is 7.50. The fraction of sp³-hybridized carbons (Fsp3) is 0.0435. The maximum absolute atomic E-state index is 13.3. The van der Waals surface area contributed by atoms with E-state index in [2.05, 4.69) is 20.4 Å². The Morgan fingerprint density at radius 3 is 2.88 bits per heavy atom. The lowest BCUT2D eigenvalue weighted by atomic mass is 10.1. The van der Waals surface area contributed by atoms with Crippen LogP contribution in [0, 0.1) is 12.7 Å². The van der Waals surface area contributed by atoms with Crippen molar-refractivity contribution in [1.82, 2.24) is 19.7 Å². The molecular weight excluding hydrogens is 463 g/mol. The third-order valence-corrected chi connectivity index (χ3v) is 6.47. The number of benzene rings is 2. The highest BCUT2D eigenvalue weighted by Crippen LogP contribution is 2.35. The van der Waals surface area contributed by atoms with Crippen molar-refractivity contribution in [2.75, 3.05) is 11.1 Å². The molecule has 0 atom stereocenters. The number of rotatable bonds is 4. The Kier molecular flexibility index (Phi) is 5.27. The number of nitrogens with one attached hydrogen (secondary N) is 1. The van der Waals surface area contributed by atoms with Crippen molar-refractivity contribution in [3.8, 4) is 16.8 Å². The maximum Gasteiger partial charge on any atom is 0.257 e. The average molecular weight is 479 g/mol. The lowest BCUT2D eigenvalue weighted by Gasteiger charge is -2.11. The molecule has 0 aliphatic rings. The Bertz CT molecular complexity index is 1530. The number of thiophene rings is 1. The predicted molar refractivity (Wildman–Crippen MR) is 128 cm³/mol. The Hall–Kier alpha value is -3.82. The molecule has 0 bridgehead atoms. The lowest BCUT2D eigenvalue weighted by Crippen LogP contribution is -2.13. The van der Waals surface area contributed by atoms with Crippen LogP contribution in [-0.2, 0) is 0 Å². The number of hydrogen-bond acceptors (Lipinski definition) is 6. The molecule has 0 unspecified atom stereocenters. The highest BCUT2D eigenvalue weighted by molar-refractivity contribution is 7.18. The second-order valence-electron chi connectivity index (χ2n) is 7.34. The molecule has 164 valence electrons. The molecule has 0 spiro atoms. The molecule has 2 aromatic carbocycles. The molecule has 1 amide bonds. The monoisotopic (exact) mass is 478 g/mol. The summed E-state index contributed by atoms with van der Waals surface area (Å²) in [6, 6.07) is 9.13. The molecule has 0 fully saturated rings. The quantitative estimate of drug-likeness (QED) is 0.356. The number of carbonyl (C=O) groups is 1. The number of nitrogens with zero attached hydrogens (tertiary/aromatic N) is 4. The minimum absolute atomic E-state index is 0.0454. The van der Waals surface area contributed by atoms with Crippen LogP contribution in [0.25, 0.3) is 27.0 Å². The Balaban J connectivity index is 1.46. The summed E-state index contributed by atoms with van der Waals surface area (Å²) in [6.07, 6.45) is 5.09. The number of anilines is 2. The molecule has 0 aliphatic heterocycles. The van der Waals surface area contributed by atoms with Gasteiger partial charge >= 0.3 is 0 Å². The van der Waals surface area contributed by atoms with Gasteiger partial charge in [-0.05, 0) is 42.8 Å². The van der Waals surface area contributed by atoms with Gasteiger partial charge in [0.15, 0.2) is 0 Å². The van der Waals surface area contributed by atoms with Crippen LogP contribution >= 0.6 is 22.9 Å². The van der Waals surface area contributed by atoms with Crippen molar-refractivity contribution >= 4 is 50.6 Å². The van der Waals surface area contributed by atoms with Crippen LogP contribution in [0.5, 0.6) is 0 Å². The van der Waals surface area contributed by atoms with Crippen LogP contribution in [-0.4, -0.2) is 25.7 Å². The standard InChI is InChI=1S/C23H16ClFN6OS/c1-12-2-4-15(30-23(32)16-5-3-14(25)6-18(16)24)7-19(12)31-9-13(8-29-31)17-10-33-21-20(17)27-11-28-22(21)26/h2-11H,1H3,(H,30,32)(H2,26,27,28). The van der Waals surface area contributed by atoms with Gasteiger partial charge in [-0.2, -0.15) is 5.10 Å². The first-order valence-electron chi connectivity index (χ1n) is 9.81. The first-order valence-corrected chi connectivity index (χ1v) is 11.1. The topological polar surface area (TPSA) is 98.7 Å². The summed E-state index contributed by atoms with van der Waals surface area (Å²) in [6.45, 7) is 1.95. The number of fused-ring (bicyclic) bond motifs is 1. The Labute approximate surface area is 196 Å². The van der Waals surface area contributed by atoms with Crippen molar-refractivity contribution < 1.29 is 9.18 Å². The van der Waals surface area contributed by atoms with E-state index in [1.807, 2.05) is 30.6 Å². The molecular formula is C23H16ClFN6OS. The molecule has 0 saturated heterocycles. The number of carbonyl (C=O) groups excluding carboxylic acids is 1. The zero-order valence-corrected chi connectivity index (χ0v) is 18.8. The predicted octanol–water partition coefficient (Wildman–Crippen LogP) is 5.48. The van der Waals surface area contributed by atoms with Crippen LogP contribution in [0.3, 0.4) is 0 Å². The van der Waals surface area contributed by atoms with Crippen LogP contribution in [0.15, 0.2) is 60.5 Å². The van der Waals surface area contributed by atoms with Gasteiger partial charge in [0.1, 0.15) is 18.0 Å². The molecule has 3 heterocycles. The first-order chi connectivity index (χ1) is 15.9. The highest BCUT2D eigenvalue weighted by atomic mass is 35.5. The van der Waals surface area contributed by atoms with E-state index in [0.29, 0.717) is 11.5 Å². The van der Waals surface area contributed by atoms with Gasteiger partial charge in [-0.15, -0.1) is 11.3 Å². The fourth-order valence-electron chi connectivity index (χ4n) is 3.47. The maximum atomic E-state index is 13.3. The Morgan fingerprint density at radius 1 is 1.21 bits per heavy atom. The average Bonchev–Trinajstić information content (AvgIpc) is 3.43. The van der Waals surface area contributed by atoms with Gasteiger partial charge in [-0.25, -0.2) is 19.0 Å². The number of aryl methyl sites for hydroxylation is 1. The summed E-state index contributed by atoms with van der Waals surface area (Å²) in [4.78, 5) is 21.0. The minimum atomic E-state index is -0.504. The van der Waals surface area contributed by atoms with Gasteiger partial charge in [0, 0.05) is 28.4 Å². The third-order valence-electron chi connectivity index (χ3n) is 5.16. The van der Waals surface area contributed by atoms with Gasteiger partial charge in [-0.3, -0.25) is 4.79 Å². The Morgan fingerprint density at radius 2 is 2.06 bits per heavy atom. The largest absolute Gasteiger partial charge is 0.382 e. The van der Waals surface area contributed by atoms with Crippen LogP contribution in [0.1, 0.15) is 15.9 Å². The number of nitrogen functional groups attached to an aromatic ring is 1. The van der Waals surface area contributed by atoms with Crippen LogP contribution in [0.4, 0.5) is 15.9 Å². The van der Waals surface area contributed by atoms with E-state index in [4.69, 9.17) is 17.3 Å². The van der Waals surface area contributed by atoms with Crippen molar-refractivity contribution in [3.05, 3.63) is 82.5 Å². The van der Waals surface area contributed by atoms with E-state index in [0.717, 1.165) is 38.7 Å². The van der Waals surface area contributed by atoms with E-state index in [9.17, 15) is 9.18 Å². The molecule has 10 heteroatoms. The van der Waals surface area contributed by atoms with E-state index in [1.165, 1.54) is 29.8 Å². The number of aromatic nitrogens is 4. The minimum Gasteiger partial charge on any atom is -0.382 e. The second-order valence-corrected chi connectivity index (χ2v) is 8.63. The van der Waals surface area contributed by atoms with Gasteiger partial charge in [0.2, 0.25) is 0 Å². The lowest BCUT2D eigenvalue weighted by molar-refractivity contribution is 0.102. The molecule has 0 aliphatic carbocycles. The highest BCUT2D eigenvalue weighted by Gasteiger charge is 2.15. The first kappa shape index (κ1) is 21.0. The number of halogens is 2. The molecule has 0 radical (unpaired) electrons. The van der Waals surface area contributed by atoms with E-state index in [1.54, 1.807) is 16.9 Å². The summed E-state index contributed by atoms with van der Waals surface area (Å²) < 4.78 is 15.9. The van der Waals surface area contributed by atoms with E-state index < -0.39 is 11.7 Å². The summed E-state index contributed by atoms with van der Waals surface area (Å²) in [7, 11) is 0. The van der Waals surface area contributed by atoms with Gasteiger partial charge in [0.25, 0.3) is 5.91 Å². The zero-order chi connectivity index (χ0) is 23.1. The number of amides is 1.